The molecule has 212 valence electrons. The van der Waals surface area contributed by atoms with E-state index < -0.39 is 12.0 Å². The summed E-state index contributed by atoms with van der Waals surface area (Å²) < 4.78 is 30.4. The summed E-state index contributed by atoms with van der Waals surface area (Å²) in [6, 6.07) is 11.9. The van der Waals surface area contributed by atoms with Gasteiger partial charge in [-0.1, -0.05) is 44.5 Å². The van der Waals surface area contributed by atoms with E-state index in [0.717, 1.165) is 29.5 Å². The number of hydrogen-bond acceptors (Lipinski definition) is 6. The number of nitrogens with one attached hydrogen (secondary N) is 1. The Hall–Kier alpha value is -2.52. The van der Waals surface area contributed by atoms with Crippen molar-refractivity contribution in [2.45, 2.75) is 65.2 Å². The highest BCUT2D eigenvalue weighted by Crippen LogP contribution is 2.31. The van der Waals surface area contributed by atoms with Crippen LogP contribution in [0.15, 0.2) is 42.5 Å². The molecule has 2 rings (SSSR count). The Kier molecular flexibility index (Phi) is 14.3. The van der Waals surface area contributed by atoms with Crippen molar-refractivity contribution < 1.29 is 28.5 Å². The summed E-state index contributed by atoms with van der Waals surface area (Å²) >= 11 is 0. The highest BCUT2D eigenvalue weighted by molar-refractivity contribution is 5.79. The molecule has 2 unspecified atom stereocenters. The summed E-state index contributed by atoms with van der Waals surface area (Å²) in [5, 5.41) is 13.0. The molecule has 0 fully saturated rings. The first kappa shape index (κ1) is 31.7. The number of carbonyl (C=O) groups is 1. The third-order valence-electron chi connectivity index (χ3n) is 6.64. The number of carbonyl (C=O) groups excluding carboxylic acids is 1. The lowest BCUT2D eigenvalue weighted by atomic mass is 9.94. The van der Waals surface area contributed by atoms with Gasteiger partial charge in [-0.05, 0) is 55.0 Å². The first-order valence-electron chi connectivity index (χ1n) is 13.5. The predicted octanol–water partition coefficient (Wildman–Crippen LogP) is 4.69. The Balaban J connectivity index is 1.92. The fraction of sp³-hybridized carbons (Fsp3) is 0.567. The minimum absolute atomic E-state index is 0.132. The predicted molar refractivity (Wildman–Crippen MR) is 148 cm³/mol. The Morgan fingerprint density at radius 1 is 1.11 bits per heavy atom. The summed E-state index contributed by atoms with van der Waals surface area (Å²) in [6.07, 6.45) is 2.03. The number of ether oxygens (including phenoxy) is 3. The van der Waals surface area contributed by atoms with Crippen LogP contribution in [0.5, 0.6) is 5.75 Å². The number of halogens is 1. The van der Waals surface area contributed by atoms with E-state index in [1.54, 1.807) is 26.2 Å². The van der Waals surface area contributed by atoms with Gasteiger partial charge in [0.25, 0.3) is 0 Å². The topological polar surface area (TPSA) is 103 Å². The minimum Gasteiger partial charge on any atom is -0.493 e. The number of nitrogens with two attached hydrogens (primary N) is 1. The fourth-order valence-corrected chi connectivity index (χ4v) is 3.98. The average molecular weight is 533 g/mol. The number of hydrogen-bond donors (Lipinski definition) is 3. The number of aliphatic hydroxyl groups is 1. The van der Waals surface area contributed by atoms with E-state index in [4.69, 9.17) is 19.9 Å². The highest BCUT2D eigenvalue weighted by Gasteiger charge is 2.24. The molecule has 7 nitrogen and oxygen atoms in total. The molecule has 2 aromatic rings. The second kappa shape index (κ2) is 17.1. The largest absolute Gasteiger partial charge is 0.493 e. The summed E-state index contributed by atoms with van der Waals surface area (Å²) in [6.45, 7) is 8.17. The molecule has 0 saturated heterocycles. The van der Waals surface area contributed by atoms with Crippen molar-refractivity contribution in [3.63, 3.8) is 0 Å². The van der Waals surface area contributed by atoms with Crippen LogP contribution in [0.2, 0.25) is 0 Å². The number of amides is 1. The lowest BCUT2D eigenvalue weighted by Crippen LogP contribution is -2.39. The molecule has 0 radical (unpaired) electrons. The number of methoxy groups -OCH3 is 1. The van der Waals surface area contributed by atoms with Crippen LogP contribution in [0, 0.1) is 17.7 Å². The van der Waals surface area contributed by atoms with Crippen LogP contribution in [0.1, 0.15) is 52.0 Å². The summed E-state index contributed by atoms with van der Waals surface area (Å²) in [7, 11) is 1.65. The lowest BCUT2D eigenvalue weighted by molar-refractivity contribution is -0.128. The number of benzene rings is 2. The Morgan fingerprint density at radius 3 is 2.50 bits per heavy atom. The maximum Gasteiger partial charge on any atom is 0.225 e. The molecule has 0 aromatic heterocycles. The highest BCUT2D eigenvalue weighted by atomic mass is 19.1. The summed E-state index contributed by atoms with van der Waals surface area (Å²) in [5.74, 6) is 0.172. The lowest BCUT2D eigenvalue weighted by Gasteiger charge is -2.22. The van der Waals surface area contributed by atoms with Crippen molar-refractivity contribution in [2.24, 2.45) is 17.6 Å². The van der Waals surface area contributed by atoms with Gasteiger partial charge < -0.3 is 30.4 Å². The van der Waals surface area contributed by atoms with E-state index in [2.05, 4.69) is 19.2 Å². The van der Waals surface area contributed by atoms with Gasteiger partial charge in [-0.3, -0.25) is 4.79 Å². The molecule has 0 aliphatic rings. The van der Waals surface area contributed by atoms with E-state index in [9.17, 15) is 14.3 Å². The second-order valence-electron chi connectivity index (χ2n) is 9.99. The Morgan fingerprint density at radius 2 is 1.84 bits per heavy atom. The van der Waals surface area contributed by atoms with Crippen molar-refractivity contribution in [1.29, 1.82) is 0 Å². The van der Waals surface area contributed by atoms with E-state index >= 15 is 0 Å². The van der Waals surface area contributed by atoms with Crippen LogP contribution < -0.4 is 15.8 Å². The van der Waals surface area contributed by atoms with Crippen molar-refractivity contribution in [2.75, 3.05) is 33.5 Å². The minimum atomic E-state index is -0.748. The van der Waals surface area contributed by atoms with Crippen LogP contribution in [0.4, 0.5) is 4.39 Å². The van der Waals surface area contributed by atoms with Crippen molar-refractivity contribution >= 4 is 5.91 Å². The van der Waals surface area contributed by atoms with Gasteiger partial charge in [0.15, 0.2) is 0 Å². The first-order valence-corrected chi connectivity index (χ1v) is 13.5. The number of rotatable bonds is 18. The third-order valence-corrected chi connectivity index (χ3v) is 6.64. The van der Waals surface area contributed by atoms with Gasteiger partial charge in [0.05, 0.1) is 31.8 Å². The summed E-state index contributed by atoms with van der Waals surface area (Å²) in [5.41, 5.74) is 8.93. The van der Waals surface area contributed by atoms with Crippen molar-refractivity contribution in [3.8, 4) is 16.9 Å². The van der Waals surface area contributed by atoms with Gasteiger partial charge in [0.1, 0.15) is 11.6 Å². The van der Waals surface area contributed by atoms with Crippen LogP contribution in [-0.4, -0.2) is 56.6 Å². The third kappa shape index (κ3) is 11.1. The zero-order valence-electron chi connectivity index (χ0n) is 23.3. The molecule has 8 heteroatoms. The summed E-state index contributed by atoms with van der Waals surface area (Å²) in [4.78, 5) is 12.5. The standard InChI is InChI=1S/C30H45FN2O5/c1-5-21(2)18-33-30(35)27(22(3)34)14-12-26(32)20-37-19-23-7-13-28(24-8-10-25(31)11-9-24)29(17-23)38-16-6-15-36-4/h7-11,13,17,21-22,26-27,34H,5-6,12,14-16,18-20,32H2,1-4H3,(H,33,35)/t21-,22?,26?,27-/m0/s1. The second-order valence-corrected chi connectivity index (χ2v) is 9.99. The van der Waals surface area contributed by atoms with Crippen molar-refractivity contribution in [3.05, 3.63) is 53.8 Å². The molecule has 0 bridgehead atoms. The van der Waals surface area contributed by atoms with Gasteiger partial charge in [0.2, 0.25) is 5.91 Å². The maximum absolute atomic E-state index is 13.4. The molecule has 2 aromatic carbocycles. The average Bonchev–Trinajstić information content (AvgIpc) is 2.90. The SMILES string of the molecule is CC[C@H](C)CNC(=O)[C@@H](CCC(N)COCc1ccc(-c2ccc(F)cc2)c(OCCCOC)c1)C(C)O. The van der Waals surface area contributed by atoms with Crippen LogP contribution in [0.25, 0.3) is 11.1 Å². The van der Waals surface area contributed by atoms with E-state index in [1.807, 2.05) is 18.2 Å². The monoisotopic (exact) mass is 532 g/mol. The molecular formula is C30H45FN2O5. The quantitative estimate of drug-likeness (QED) is 0.241. The first-order chi connectivity index (χ1) is 18.2. The van der Waals surface area contributed by atoms with Gasteiger partial charge in [0, 0.05) is 38.3 Å². The fourth-order valence-electron chi connectivity index (χ4n) is 3.98. The van der Waals surface area contributed by atoms with E-state index in [1.165, 1.54) is 12.1 Å². The Labute approximate surface area is 226 Å². The molecule has 0 saturated carbocycles. The van der Waals surface area contributed by atoms with Gasteiger partial charge in [-0.25, -0.2) is 4.39 Å². The van der Waals surface area contributed by atoms with Gasteiger partial charge >= 0.3 is 0 Å². The molecule has 4 N–H and O–H groups in total. The maximum atomic E-state index is 13.4. The van der Waals surface area contributed by atoms with Gasteiger partial charge in [-0.15, -0.1) is 0 Å². The molecular weight excluding hydrogens is 487 g/mol. The number of aliphatic hydroxyl groups excluding tert-OH is 1. The molecule has 0 aliphatic carbocycles. The molecule has 0 aliphatic heterocycles. The zero-order chi connectivity index (χ0) is 27.9. The van der Waals surface area contributed by atoms with Crippen LogP contribution in [0.3, 0.4) is 0 Å². The molecule has 0 spiro atoms. The molecule has 0 heterocycles. The zero-order valence-corrected chi connectivity index (χ0v) is 23.3. The van der Waals surface area contributed by atoms with E-state index in [-0.39, 0.29) is 17.8 Å². The molecule has 4 atom stereocenters. The molecule has 1 amide bonds. The van der Waals surface area contributed by atoms with Crippen molar-refractivity contribution in [1.82, 2.24) is 5.32 Å². The molecule has 38 heavy (non-hydrogen) atoms. The smallest absolute Gasteiger partial charge is 0.225 e. The normalized spacial score (nSPS) is 14.5. The van der Waals surface area contributed by atoms with Gasteiger partial charge in [-0.2, -0.15) is 0 Å². The Bertz CT molecular complexity index is 954. The van der Waals surface area contributed by atoms with Crippen LogP contribution >= 0.6 is 0 Å². The van der Waals surface area contributed by atoms with E-state index in [0.29, 0.717) is 57.5 Å². The van der Waals surface area contributed by atoms with Crippen LogP contribution in [-0.2, 0) is 20.9 Å².